The maximum atomic E-state index is 4.69. The molecule has 0 fully saturated rings. The van der Waals surface area contributed by atoms with E-state index in [2.05, 4.69) is 237 Å². The summed E-state index contributed by atoms with van der Waals surface area (Å²) >= 11 is 9.37. The quantitative estimate of drug-likeness (QED) is 0.108. The van der Waals surface area contributed by atoms with Crippen molar-refractivity contribution in [3.8, 4) is 0 Å². The van der Waals surface area contributed by atoms with Gasteiger partial charge in [0.2, 0.25) is 0 Å². The van der Waals surface area contributed by atoms with Gasteiger partial charge in [-0.2, -0.15) is 0 Å². The molecule has 7 aromatic rings. The molecule has 0 aliphatic rings. The third kappa shape index (κ3) is 6.85. The summed E-state index contributed by atoms with van der Waals surface area (Å²) in [5.41, 5.74) is 5.36. The molecule has 0 aliphatic carbocycles. The van der Waals surface area contributed by atoms with Crippen LogP contribution in [0.4, 0.5) is 0 Å². The molecule has 0 nitrogen and oxygen atoms in total. The predicted molar refractivity (Wildman–Crippen MR) is 230 cm³/mol. The summed E-state index contributed by atoms with van der Waals surface area (Å²) in [4.78, 5) is 0. The minimum absolute atomic E-state index is 0.911. The van der Waals surface area contributed by atoms with Crippen LogP contribution in [0.1, 0.15) is 22.3 Å². The Bertz CT molecular complexity index is 1890. The fraction of sp³-hybridized carbons (Fsp3) is 0.0870. The Morgan fingerprint density at radius 2 is 0.420 bits per heavy atom. The first-order valence-electron chi connectivity index (χ1n) is 17.2. The Morgan fingerprint density at radius 3 is 0.640 bits per heavy atom. The van der Waals surface area contributed by atoms with Crippen molar-refractivity contribution in [2.45, 2.75) is 24.6 Å². The van der Waals surface area contributed by atoms with E-state index in [4.69, 9.17) is 0 Å². The number of halogens is 2. The molecular weight excluding hydrogens is 774 g/mol. The molecule has 0 saturated heterocycles. The van der Waals surface area contributed by atoms with Crippen LogP contribution in [0.3, 0.4) is 0 Å². The summed E-state index contributed by atoms with van der Waals surface area (Å²) in [6.07, 6.45) is 3.68. The molecule has 250 valence electrons. The molecule has 0 N–H and O–H groups in total. The Labute approximate surface area is 314 Å². The Hall–Kier alpha value is -3.64. The van der Waals surface area contributed by atoms with Crippen LogP contribution in [-0.2, 0) is 24.6 Å². The summed E-state index contributed by atoms with van der Waals surface area (Å²) in [6, 6.07) is 76.2. The third-order valence-corrected chi connectivity index (χ3v) is 28.1. The van der Waals surface area contributed by atoms with Crippen LogP contribution in [0.5, 0.6) is 0 Å². The molecule has 0 bridgehead atoms. The van der Waals surface area contributed by atoms with Crippen LogP contribution in [0.25, 0.3) is 0 Å². The van der Waals surface area contributed by atoms with E-state index >= 15 is 0 Å². The first-order valence-corrected chi connectivity index (χ1v) is 26.4. The normalized spacial score (nSPS) is 13.4. The van der Waals surface area contributed by atoms with E-state index in [0.29, 0.717) is 0 Å². The summed E-state index contributed by atoms with van der Waals surface area (Å²) < 4.78 is 0. The van der Waals surface area contributed by atoms with Gasteiger partial charge in [-0.15, -0.1) is 0 Å². The van der Waals surface area contributed by atoms with Gasteiger partial charge in [0.25, 0.3) is 0 Å². The topological polar surface area (TPSA) is 0 Å². The van der Waals surface area contributed by atoms with Crippen molar-refractivity contribution in [3.05, 3.63) is 229 Å². The van der Waals surface area contributed by atoms with Crippen molar-refractivity contribution in [1.29, 1.82) is 0 Å². The van der Waals surface area contributed by atoms with Crippen molar-refractivity contribution in [2.24, 2.45) is 0 Å². The van der Waals surface area contributed by atoms with Gasteiger partial charge in [-0.05, 0) is 0 Å². The monoisotopic (exact) mass is 814 g/mol. The molecule has 7 aromatic carbocycles. The predicted octanol–water partition coefficient (Wildman–Crippen LogP) is 12.1. The van der Waals surface area contributed by atoms with Gasteiger partial charge < -0.3 is 0 Å². The SMILES string of the molecule is BrP(Cc1ccccc1)(Cc1ccc(CP(Br)(Cc2ccccc2)(c2ccccc2)c2ccccc2)cc1)(c1ccccc1)c1ccccc1. The fourth-order valence-corrected chi connectivity index (χ4v) is 23.6. The average Bonchev–Trinajstić information content (AvgIpc) is 3.18. The van der Waals surface area contributed by atoms with E-state index in [-0.39, 0.29) is 0 Å². The average molecular weight is 817 g/mol. The fourth-order valence-electron chi connectivity index (χ4n) is 7.66. The van der Waals surface area contributed by atoms with Crippen molar-refractivity contribution in [2.75, 3.05) is 0 Å². The van der Waals surface area contributed by atoms with Crippen LogP contribution < -0.4 is 21.2 Å². The number of hydrogen-bond acceptors (Lipinski definition) is 0. The molecule has 0 aromatic heterocycles. The molecule has 0 radical (unpaired) electrons. The Morgan fingerprint density at radius 1 is 0.240 bits per heavy atom. The zero-order valence-corrected chi connectivity index (χ0v) is 33.1. The van der Waals surface area contributed by atoms with Crippen LogP contribution in [0.15, 0.2) is 206 Å². The van der Waals surface area contributed by atoms with E-state index in [1.54, 1.807) is 0 Å². The molecular formula is C46H42Br2P2. The van der Waals surface area contributed by atoms with Crippen molar-refractivity contribution < 1.29 is 0 Å². The van der Waals surface area contributed by atoms with Crippen LogP contribution >= 0.6 is 41.6 Å². The van der Waals surface area contributed by atoms with Gasteiger partial charge >= 0.3 is 316 Å². The third-order valence-electron chi connectivity index (χ3n) is 10.1. The second kappa shape index (κ2) is 14.5. The molecule has 0 unspecified atom stereocenters. The van der Waals surface area contributed by atoms with Crippen LogP contribution in [0.2, 0.25) is 0 Å². The Kier molecular flexibility index (Phi) is 10.1. The molecule has 0 aliphatic heterocycles. The number of hydrogen-bond donors (Lipinski definition) is 0. The van der Waals surface area contributed by atoms with Gasteiger partial charge in [-0.25, -0.2) is 0 Å². The molecule has 7 rings (SSSR count). The van der Waals surface area contributed by atoms with Crippen LogP contribution in [0, 0.1) is 0 Å². The van der Waals surface area contributed by atoms with E-state index in [9.17, 15) is 0 Å². The van der Waals surface area contributed by atoms with Crippen LogP contribution in [-0.4, -0.2) is 0 Å². The van der Waals surface area contributed by atoms with Crippen molar-refractivity contribution >= 4 is 62.8 Å². The van der Waals surface area contributed by atoms with Gasteiger partial charge in [0, 0.05) is 0 Å². The van der Waals surface area contributed by atoms with Crippen molar-refractivity contribution in [1.82, 2.24) is 0 Å². The molecule has 4 heteroatoms. The Balaban J connectivity index is 1.34. The summed E-state index contributed by atoms with van der Waals surface area (Å²) in [5, 5.41) is -0.456. The first-order chi connectivity index (χ1) is 24.4. The second-order valence-electron chi connectivity index (χ2n) is 13.5. The summed E-state index contributed by atoms with van der Waals surface area (Å²) in [6.45, 7) is 0. The van der Waals surface area contributed by atoms with Gasteiger partial charge in [0.15, 0.2) is 0 Å². The molecule has 0 saturated carbocycles. The van der Waals surface area contributed by atoms with E-state index < -0.39 is 10.6 Å². The van der Waals surface area contributed by atoms with Gasteiger partial charge in [-0.1, -0.05) is 0 Å². The molecule has 0 atom stereocenters. The molecule has 0 heterocycles. The molecule has 50 heavy (non-hydrogen) atoms. The standard InChI is InChI=1S/C46H42Br2P2/c47-49(43-23-11-3-12-24-43,44-25-13-4-14-26-44,35-39-19-7-1-8-20-39)37-41-31-33-42(34-32-41)38-50(48,45-27-15-5-16-28-45,46-29-17-6-18-30-46)36-40-21-9-2-10-22-40/h1-34H,35-38H2. The first kappa shape index (κ1) is 34.8. The molecule has 0 amide bonds. The number of benzene rings is 7. The summed E-state index contributed by atoms with van der Waals surface area (Å²) in [7, 11) is 0. The molecule has 0 spiro atoms. The summed E-state index contributed by atoms with van der Waals surface area (Å²) in [5.74, 6) is 0. The minimum atomic E-state index is -2.98. The number of rotatable bonds is 12. The van der Waals surface area contributed by atoms with Crippen molar-refractivity contribution in [3.63, 3.8) is 0 Å². The van der Waals surface area contributed by atoms with Gasteiger partial charge in [0.05, 0.1) is 0 Å². The maximum absolute atomic E-state index is 4.69. The second-order valence-corrected chi connectivity index (χ2v) is 32.6. The van der Waals surface area contributed by atoms with E-state index in [1.165, 1.54) is 43.5 Å². The van der Waals surface area contributed by atoms with E-state index in [1.807, 2.05) is 0 Å². The van der Waals surface area contributed by atoms with Gasteiger partial charge in [0.1, 0.15) is 0 Å². The zero-order chi connectivity index (χ0) is 34.4. The zero-order valence-electron chi connectivity index (χ0n) is 28.1. The van der Waals surface area contributed by atoms with Gasteiger partial charge in [-0.3, -0.25) is 0 Å². The van der Waals surface area contributed by atoms with E-state index in [0.717, 1.165) is 24.6 Å².